The molecule has 13 nitrogen and oxygen atoms in total. The number of methoxy groups -OCH3 is 1. The maximum atomic E-state index is 12.9. The molecule has 4 atom stereocenters. The van der Waals surface area contributed by atoms with Crippen molar-refractivity contribution < 1.29 is 33.9 Å². The van der Waals surface area contributed by atoms with Gasteiger partial charge in [0.05, 0.1) is 18.2 Å². The van der Waals surface area contributed by atoms with E-state index in [0.29, 0.717) is 4.57 Å². The molecule has 0 aliphatic carbocycles. The summed E-state index contributed by atoms with van der Waals surface area (Å²) in [6.07, 6.45) is 0.728. The van der Waals surface area contributed by atoms with E-state index in [1.807, 2.05) is 0 Å². The van der Waals surface area contributed by atoms with Crippen LogP contribution in [0.3, 0.4) is 0 Å². The van der Waals surface area contributed by atoms with Crippen molar-refractivity contribution in [2.24, 2.45) is 0 Å². The zero-order valence-electron chi connectivity index (χ0n) is 16.5. The van der Waals surface area contributed by atoms with E-state index < -0.39 is 68.2 Å². The highest BCUT2D eigenvalue weighted by Gasteiger charge is 2.64. The van der Waals surface area contributed by atoms with Crippen LogP contribution in [0.1, 0.15) is 19.9 Å². The Bertz CT molecular complexity index is 1050. The van der Waals surface area contributed by atoms with Gasteiger partial charge in [-0.05, 0) is 13.8 Å². The number of ether oxygens (including phenoxy) is 1. The Hall–Kier alpha value is -3.42. The minimum absolute atomic E-state index is 0.537. The third-order valence-corrected chi connectivity index (χ3v) is 6.63. The number of β-lactam (4-membered cyclic amide) rings is 1. The molecule has 166 valence electrons. The molecule has 1 aromatic rings. The number of carboxylic acid groups (broad SMARTS) is 1. The monoisotopic (exact) mass is 454 g/mol. The van der Waals surface area contributed by atoms with Gasteiger partial charge in [0, 0.05) is 16.9 Å². The molecule has 3 rings (SSSR count). The Morgan fingerprint density at radius 1 is 1.32 bits per heavy atom. The number of nitrogens with zero attached hydrogens (tertiary/aromatic N) is 3. The third-order valence-electron chi connectivity index (χ3n) is 5.06. The lowest BCUT2D eigenvalue weighted by molar-refractivity contribution is -0.385. The number of nitrogens with one attached hydrogen (secondary N) is 1. The number of pyridine rings is 1. The van der Waals surface area contributed by atoms with E-state index >= 15 is 0 Å². The number of rotatable bonds is 6. The fourth-order valence-corrected chi connectivity index (χ4v) is 5.26. The van der Waals surface area contributed by atoms with E-state index in [2.05, 4.69) is 10.1 Å². The molecule has 2 unspecified atom stereocenters. The Balaban J connectivity index is 1.89. The molecule has 2 N–H and O–H groups in total. The quantitative estimate of drug-likeness (QED) is 0.180. The molecule has 2 saturated heterocycles. The standard InChI is InChI=1S/C17H18N4O9S/c1-17(2)11(15(25)26)20-13(24)9(14(20)31-17)18-12(23)10(16(27)30-3)19-6-7(21(28)29)4-5-8(19)22/h4-6,9-11,14H,1-3H3,(H,18,23)(H,25,26)/t9?,10?,11-,14+/m0/s1. The highest BCUT2D eigenvalue weighted by Crippen LogP contribution is 2.50. The van der Waals surface area contributed by atoms with Gasteiger partial charge in [-0.1, -0.05) is 0 Å². The topological polar surface area (TPSA) is 178 Å². The summed E-state index contributed by atoms with van der Waals surface area (Å²) in [5.74, 6) is -4.11. The van der Waals surface area contributed by atoms with E-state index in [1.54, 1.807) is 13.8 Å². The van der Waals surface area contributed by atoms with Gasteiger partial charge in [0.1, 0.15) is 17.5 Å². The average Bonchev–Trinajstić information content (AvgIpc) is 2.95. The summed E-state index contributed by atoms with van der Waals surface area (Å²) in [5, 5.41) is 22.1. The van der Waals surface area contributed by atoms with Crippen LogP contribution in [0.2, 0.25) is 0 Å². The number of carboxylic acids is 1. The molecule has 0 radical (unpaired) electrons. The van der Waals surface area contributed by atoms with Gasteiger partial charge in [0.15, 0.2) is 0 Å². The van der Waals surface area contributed by atoms with Crippen LogP contribution in [0.15, 0.2) is 23.1 Å². The Morgan fingerprint density at radius 3 is 2.52 bits per heavy atom. The SMILES string of the molecule is COC(=O)C(C(=O)NC1C(=O)N2[C@@H]1SC(C)(C)[C@@H]2C(=O)O)n1cc([N+](=O)[O-])ccc1=O. The number of hydrogen-bond acceptors (Lipinski definition) is 9. The van der Waals surface area contributed by atoms with Crippen molar-refractivity contribution in [2.75, 3.05) is 7.11 Å². The van der Waals surface area contributed by atoms with E-state index in [4.69, 9.17) is 0 Å². The minimum atomic E-state index is -1.92. The second-order valence-electron chi connectivity index (χ2n) is 7.40. The van der Waals surface area contributed by atoms with Crippen LogP contribution in [0.5, 0.6) is 0 Å². The molecule has 2 fully saturated rings. The van der Waals surface area contributed by atoms with E-state index in [1.165, 1.54) is 11.8 Å². The molecule has 14 heteroatoms. The predicted molar refractivity (Wildman–Crippen MR) is 104 cm³/mol. The molecule has 0 bridgehead atoms. The summed E-state index contributed by atoms with van der Waals surface area (Å²) in [7, 11) is 0.966. The first-order chi connectivity index (χ1) is 14.4. The summed E-state index contributed by atoms with van der Waals surface area (Å²) < 4.78 is 4.28. The second-order valence-corrected chi connectivity index (χ2v) is 9.17. The second kappa shape index (κ2) is 7.68. The highest BCUT2D eigenvalue weighted by molar-refractivity contribution is 8.01. The molecule has 0 aromatic carbocycles. The number of amides is 2. The Morgan fingerprint density at radius 2 is 1.97 bits per heavy atom. The minimum Gasteiger partial charge on any atom is -0.480 e. The van der Waals surface area contributed by atoms with Gasteiger partial charge in [-0.15, -0.1) is 11.8 Å². The van der Waals surface area contributed by atoms with Crippen molar-refractivity contribution in [3.05, 3.63) is 38.8 Å². The summed E-state index contributed by atoms with van der Waals surface area (Å²) >= 11 is 1.17. The number of aliphatic carboxylic acids is 1. The smallest absolute Gasteiger partial charge is 0.338 e. The number of fused-ring (bicyclic) bond motifs is 1. The van der Waals surface area contributed by atoms with Crippen molar-refractivity contribution in [1.82, 2.24) is 14.8 Å². The molecule has 2 amide bonds. The van der Waals surface area contributed by atoms with Crippen LogP contribution in [0.25, 0.3) is 0 Å². The molecule has 2 aliphatic rings. The summed E-state index contributed by atoms with van der Waals surface area (Å²) in [6.45, 7) is 3.31. The lowest BCUT2D eigenvalue weighted by Crippen LogP contribution is -2.71. The average molecular weight is 454 g/mol. The number of esters is 1. The maximum Gasteiger partial charge on any atom is 0.338 e. The van der Waals surface area contributed by atoms with Crippen LogP contribution in [-0.2, 0) is 23.9 Å². The van der Waals surface area contributed by atoms with Crippen LogP contribution in [-0.4, -0.2) is 72.6 Å². The summed E-state index contributed by atoms with van der Waals surface area (Å²) in [6, 6.07) is -2.41. The first-order valence-electron chi connectivity index (χ1n) is 8.88. The number of thioether (sulfide) groups is 1. The first kappa shape index (κ1) is 22.3. The van der Waals surface area contributed by atoms with Crippen LogP contribution in [0.4, 0.5) is 5.69 Å². The molecule has 2 aliphatic heterocycles. The van der Waals surface area contributed by atoms with Crippen LogP contribution >= 0.6 is 11.8 Å². The molecular formula is C17H18N4O9S. The first-order valence-corrected chi connectivity index (χ1v) is 9.76. The normalized spacial score (nSPS) is 24.5. The zero-order valence-corrected chi connectivity index (χ0v) is 17.3. The van der Waals surface area contributed by atoms with Gasteiger partial charge in [0.25, 0.3) is 17.2 Å². The summed E-state index contributed by atoms with van der Waals surface area (Å²) in [5.41, 5.74) is -1.41. The predicted octanol–water partition coefficient (Wildman–Crippen LogP) is -0.898. The lowest BCUT2D eigenvalue weighted by atomic mass is 9.96. The Labute approximate surface area is 178 Å². The van der Waals surface area contributed by atoms with Crippen LogP contribution < -0.4 is 10.9 Å². The number of hydrogen-bond donors (Lipinski definition) is 2. The van der Waals surface area contributed by atoms with E-state index in [9.17, 15) is 39.2 Å². The molecule has 0 saturated carbocycles. The highest BCUT2D eigenvalue weighted by atomic mass is 32.2. The third kappa shape index (κ3) is 3.62. The van der Waals surface area contributed by atoms with Crippen molar-refractivity contribution >= 4 is 41.2 Å². The van der Waals surface area contributed by atoms with Gasteiger partial charge >= 0.3 is 11.9 Å². The van der Waals surface area contributed by atoms with Gasteiger partial charge in [-0.25, -0.2) is 9.59 Å². The number of aromatic nitrogens is 1. The Kier molecular flexibility index (Phi) is 5.52. The van der Waals surface area contributed by atoms with E-state index in [-0.39, 0.29) is 0 Å². The van der Waals surface area contributed by atoms with Gasteiger partial charge in [-0.2, -0.15) is 0 Å². The fraction of sp³-hybridized carbons (Fsp3) is 0.471. The number of nitro groups is 1. The molecule has 31 heavy (non-hydrogen) atoms. The van der Waals surface area contributed by atoms with Gasteiger partial charge in [-0.3, -0.25) is 29.1 Å². The van der Waals surface area contributed by atoms with Crippen molar-refractivity contribution in [2.45, 2.75) is 42.1 Å². The number of carbonyl (C=O) groups excluding carboxylic acids is 3. The summed E-state index contributed by atoms with van der Waals surface area (Å²) in [4.78, 5) is 72.8. The van der Waals surface area contributed by atoms with Crippen molar-refractivity contribution in [3.8, 4) is 0 Å². The fourth-order valence-electron chi connectivity index (χ4n) is 3.64. The molecule has 3 heterocycles. The lowest BCUT2D eigenvalue weighted by Gasteiger charge is -2.43. The van der Waals surface area contributed by atoms with Crippen LogP contribution in [0, 0.1) is 10.1 Å². The van der Waals surface area contributed by atoms with Gasteiger partial charge in [0.2, 0.25) is 11.9 Å². The van der Waals surface area contributed by atoms with Crippen molar-refractivity contribution in [3.63, 3.8) is 0 Å². The molecule has 1 aromatic heterocycles. The zero-order chi connectivity index (χ0) is 23.2. The van der Waals surface area contributed by atoms with Crippen molar-refractivity contribution in [1.29, 1.82) is 0 Å². The molecule has 0 spiro atoms. The maximum absolute atomic E-state index is 12.9. The molecular weight excluding hydrogens is 436 g/mol. The number of carbonyl (C=O) groups is 4. The van der Waals surface area contributed by atoms with Gasteiger partial charge < -0.3 is 20.1 Å². The largest absolute Gasteiger partial charge is 0.480 e. The van der Waals surface area contributed by atoms with E-state index in [0.717, 1.165) is 30.3 Å².